The minimum Gasteiger partial charge on any atom is -0.462 e. The molecular formula is C75H116O6. The van der Waals surface area contributed by atoms with Gasteiger partial charge in [0, 0.05) is 19.3 Å². The van der Waals surface area contributed by atoms with Crippen LogP contribution in [-0.4, -0.2) is 37.2 Å². The molecule has 1 unspecified atom stereocenters. The standard InChI is InChI=1S/C75H116O6/c1-4-7-10-13-16-19-22-25-28-30-32-34-36-37-39-40-42-44-47-50-53-56-59-62-65-68-74(77)80-71-72(70-79-73(76)67-64-61-58-55-52-49-46-27-24-21-18-15-12-9-6-3)81-75(78)69-66-63-60-57-54-51-48-45-43-41-38-35-33-31-29-26-23-20-17-14-11-8-5-2/h7-12,16-21,25-29,32-35,37,39,41-44,46,50,53,72H,4-6,13-15,22-24,30-31,36,38,40,45,47-49,51-52,54-71H2,1-3H3/b10-7-,11-8-,12-9-,19-16-,20-17-,21-18-,28-25-,29-26-,34-32-,35-33-,39-37-,43-41-,44-42-,46-27-,53-50-. The van der Waals surface area contributed by atoms with E-state index in [-0.39, 0.29) is 31.1 Å². The lowest BCUT2D eigenvalue weighted by molar-refractivity contribution is -0.167. The molecule has 0 aliphatic rings. The van der Waals surface area contributed by atoms with Gasteiger partial charge in [-0.05, 0) is 154 Å². The second-order valence-corrected chi connectivity index (χ2v) is 20.5. The summed E-state index contributed by atoms with van der Waals surface area (Å²) in [5.74, 6) is -0.979. The lowest BCUT2D eigenvalue weighted by Crippen LogP contribution is -2.30. The third-order valence-corrected chi connectivity index (χ3v) is 12.9. The Morgan fingerprint density at radius 2 is 0.444 bits per heavy atom. The molecule has 1 atom stereocenters. The summed E-state index contributed by atoms with van der Waals surface area (Å²) in [4.78, 5) is 38.4. The van der Waals surface area contributed by atoms with Crippen LogP contribution in [0.5, 0.6) is 0 Å². The highest BCUT2D eigenvalue weighted by molar-refractivity contribution is 5.71. The summed E-state index contributed by atoms with van der Waals surface area (Å²) in [6.07, 6.45) is 100. The first kappa shape index (κ1) is 75.5. The van der Waals surface area contributed by atoms with Gasteiger partial charge >= 0.3 is 17.9 Å². The lowest BCUT2D eigenvalue weighted by atomic mass is 10.1. The number of allylic oxidation sites excluding steroid dienone is 30. The largest absolute Gasteiger partial charge is 0.462 e. The molecule has 0 aromatic carbocycles. The Morgan fingerprint density at radius 3 is 0.704 bits per heavy atom. The van der Waals surface area contributed by atoms with E-state index in [0.717, 1.165) is 193 Å². The minimum atomic E-state index is -0.818. The fourth-order valence-corrected chi connectivity index (χ4v) is 8.17. The van der Waals surface area contributed by atoms with Crippen molar-refractivity contribution in [2.24, 2.45) is 0 Å². The molecule has 0 N–H and O–H groups in total. The third-order valence-electron chi connectivity index (χ3n) is 12.9. The zero-order valence-electron chi connectivity index (χ0n) is 51.7. The number of ether oxygens (including phenoxy) is 3. The van der Waals surface area contributed by atoms with E-state index in [2.05, 4.69) is 203 Å². The molecule has 0 aliphatic heterocycles. The van der Waals surface area contributed by atoms with E-state index < -0.39 is 6.10 Å². The summed E-state index contributed by atoms with van der Waals surface area (Å²) in [7, 11) is 0. The monoisotopic (exact) mass is 1110 g/mol. The van der Waals surface area contributed by atoms with E-state index >= 15 is 0 Å². The van der Waals surface area contributed by atoms with E-state index in [1.54, 1.807) is 0 Å². The smallest absolute Gasteiger partial charge is 0.306 e. The highest BCUT2D eigenvalue weighted by Crippen LogP contribution is 2.14. The van der Waals surface area contributed by atoms with Gasteiger partial charge in [0.15, 0.2) is 6.10 Å². The zero-order chi connectivity index (χ0) is 58.5. The van der Waals surface area contributed by atoms with Crippen molar-refractivity contribution >= 4 is 17.9 Å². The number of carbonyl (C=O) groups excluding carboxylic acids is 3. The highest BCUT2D eigenvalue weighted by atomic mass is 16.6. The molecule has 0 radical (unpaired) electrons. The van der Waals surface area contributed by atoms with Gasteiger partial charge in [-0.3, -0.25) is 14.4 Å². The zero-order valence-corrected chi connectivity index (χ0v) is 51.7. The van der Waals surface area contributed by atoms with E-state index in [9.17, 15) is 14.4 Å². The van der Waals surface area contributed by atoms with Gasteiger partial charge in [-0.2, -0.15) is 0 Å². The number of rotatable bonds is 56. The van der Waals surface area contributed by atoms with Gasteiger partial charge < -0.3 is 14.2 Å². The average molecular weight is 1110 g/mol. The Hall–Kier alpha value is -5.49. The Bertz CT molecular complexity index is 1900. The Balaban J connectivity index is 4.52. The van der Waals surface area contributed by atoms with Gasteiger partial charge in [0.1, 0.15) is 13.2 Å². The van der Waals surface area contributed by atoms with Crippen LogP contribution in [-0.2, 0) is 28.6 Å². The van der Waals surface area contributed by atoms with Crippen LogP contribution < -0.4 is 0 Å². The van der Waals surface area contributed by atoms with Crippen LogP contribution in [0.1, 0.15) is 252 Å². The number of hydrogen-bond acceptors (Lipinski definition) is 6. The fourth-order valence-electron chi connectivity index (χ4n) is 8.17. The average Bonchev–Trinajstić information content (AvgIpc) is 3.47. The van der Waals surface area contributed by atoms with E-state index in [1.807, 2.05) is 0 Å². The Kier molecular flexibility index (Phi) is 62.5. The van der Waals surface area contributed by atoms with E-state index in [4.69, 9.17) is 14.2 Å². The van der Waals surface area contributed by atoms with Crippen LogP contribution in [0.15, 0.2) is 182 Å². The molecule has 0 spiro atoms. The first-order chi connectivity index (χ1) is 40.0. The maximum Gasteiger partial charge on any atom is 0.306 e. The summed E-state index contributed by atoms with van der Waals surface area (Å²) < 4.78 is 16.9. The Morgan fingerprint density at radius 1 is 0.247 bits per heavy atom. The molecule has 0 saturated heterocycles. The number of esters is 3. The second-order valence-electron chi connectivity index (χ2n) is 20.5. The summed E-state index contributed by atoms with van der Waals surface area (Å²) in [6.45, 7) is 6.24. The minimum absolute atomic E-state index is 0.112. The molecule has 0 aromatic heterocycles. The van der Waals surface area contributed by atoms with Crippen molar-refractivity contribution in [3.05, 3.63) is 182 Å². The first-order valence-electron chi connectivity index (χ1n) is 32.3. The molecule has 81 heavy (non-hydrogen) atoms. The van der Waals surface area contributed by atoms with Crippen LogP contribution >= 0.6 is 0 Å². The van der Waals surface area contributed by atoms with E-state index in [1.165, 1.54) is 19.3 Å². The van der Waals surface area contributed by atoms with Crippen molar-refractivity contribution in [3.63, 3.8) is 0 Å². The SMILES string of the molecule is CC/C=C\C/C=C\C/C=C\C/C=C\C/C=C\C/C=C\C/C=C\CCCCCC(=O)OCC(COC(=O)CCCCCCC/C=C\C/C=C\C/C=C\CC)OC(=O)CCCCCCCCC/C=C\C/C=C\C/C=C\C/C=C\C/C=C\CC. The van der Waals surface area contributed by atoms with Crippen molar-refractivity contribution in [1.29, 1.82) is 0 Å². The topological polar surface area (TPSA) is 78.9 Å². The maximum absolute atomic E-state index is 12.9. The normalized spacial score (nSPS) is 13.4. The summed E-state index contributed by atoms with van der Waals surface area (Å²) in [6, 6.07) is 0. The van der Waals surface area contributed by atoms with Crippen LogP contribution in [0.3, 0.4) is 0 Å². The van der Waals surface area contributed by atoms with Gasteiger partial charge in [0.2, 0.25) is 0 Å². The van der Waals surface area contributed by atoms with Gasteiger partial charge in [0.05, 0.1) is 0 Å². The van der Waals surface area contributed by atoms with Crippen molar-refractivity contribution in [2.75, 3.05) is 13.2 Å². The third kappa shape index (κ3) is 65.2. The molecule has 0 fully saturated rings. The molecule has 452 valence electrons. The van der Waals surface area contributed by atoms with Gasteiger partial charge in [-0.25, -0.2) is 0 Å². The maximum atomic E-state index is 12.9. The number of hydrogen-bond donors (Lipinski definition) is 0. The summed E-state index contributed by atoms with van der Waals surface area (Å²) in [5.41, 5.74) is 0. The molecule has 6 nitrogen and oxygen atoms in total. The van der Waals surface area contributed by atoms with Gasteiger partial charge in [0.25, 0.3) is 0 Å². The van der Waals surface area contributed by atoms with Crippen molar-refractivity contribution in [2.45, 2.75) is 258 Å². The van der Waals surface area contributed by atoms with Crippen molar-refractivity contribution in [3.8, 4) is 0 Å². The summed E-state index contributed by atoms with van der Waals surface area (Å²) >= 11 is 0. The molecule has 0 saturated carbocycles. The molecular weight excluding hydrogens is 997 g/mol. The Labute approximate surface area is 497 Å². The summed E-state index contributed by atoms with van der Waals surface area (Å²) in [5, 5.41) is 0. The van der Waals surface area contributed by atoms with E-state index in [0.29, 0.717) is 19.3 Å². The van der Waals surface area contributed by atoms with Crippen molar-refractivity contribution < 1.29 is 28.6 Å². The lowest BCUT2D eigenvalue weighted by Gasteiger charge is -2.18. The highest BCUT2D eigenvalue weighted by Gasteiger charge is 2.19. The molecule has 0 aliphatic carbocycles. The molecule has 0 heterocycles. The predicted octanol–water partition coefficient (Wildman–Crippen LogP) is 22.4. The van der Waals surface area contributed by atoms with Crippen LogP contribution in [0.4, 0.5) is 0 Å². The second kappa shape index (κ2) is 67.0. The molecule has 0 rings (SSSR count). The molecule has 0 bridgehead atoms. The molecule has 0 amide bonds. The van der Waals surface area contributed by atoms with Gasteiger partial charge in [-0.1, -0.05) is 261 Å². The molecule has 0 aromatic rings. The molecule has 6 heteroatoms. The van der Waals surface area contributed by atoms with Crippen molar-refractivity contribution in [1.82, 2.24) is 0 Å². The number of carbonyl (C=O) groups is 3. The first-order valence-corrected chi connectivity index (χ1v) is 32.3. The van der Waals surface area contributed by atoms with Gasteiger partial charge in [-0.15, -0.1) is 0 Å². The van der Waals surface area contributed by atoms with Crippen LogP contribution in [0.25, 0.3) is 0 Å². The fraction of sp³-hybridized carbons (Fsp3) is 0.560. The van der Waals surface area contributed by atoms with Crippen LogP contribution in [0.2, 0.25) is 0 Å². The quantitative estimate of drug-likeness (QED) is 0.0261. The van der Waals surface area contributed by atoms with Crippen LogP contribution in [0, 0.1) is 0 Å². The predicted molar refractivity (Wildman–Crippen MR) is 352 cm³/mol. The number of unbranched alkanes of at least 4 members (excludes halogenated alkanes) is 15.